The van der Waals surface area contributed by atoms with E-state index in [1.807, 2.05) is 0 Å². The highest BCUT2D eigenvalue weighted by molar-refractivity contribution is 5.29. The van der Waals surface area contributed by atoms with Crippen molar-refractivity contribution in [1.82, 2.24) is 5.32 Å². The molecule has 2 unspecified atom stereocenters. The van der Waals surface area contributed by atoms with Gasteiger partial charge < -0.3 is 5.32 Å². The zero-order valence-electron chi connectivity index (χ0n) is 13.0. The molecule has 0 bridgehead atoms. The molecule has 0 radical (unpaired) electrons. The fraction of sp³-hybridized carbons (Fsp3) is 0.667. The van der Waals surface area contributed by atoms with Gasteiger partial charge in [0.25, 0.3) is 0 Å². The van der Waals surface area contributed by atoms with Crippen LogP contribution in [0.2, 0.25) is 0 Å². The van der Waals surface area contributed by atoms with Gasteiger partial charge in [0.2, 0.25) is 0 Å². The average Bonchev–Trinajstić information content (AvgIpc) is 2.63. The Morgan fingerprint density at radius 2 is 1.63 bits per heavy atom. The van der Waals surface area contributed by atoms with Crippen LogP contribution in [0.4, 0.5) is 0 Å². The molecule has 0 heterocycles. The Morgan fingerprint density at radius 1 is 1.00 bits per heavy atom. The van der Waals surface area contributed by atoms with Gasteiger partial charge in [0.05, 0.1) is 0 Å². The molecule has 2 atom stereocenters. The number of rotatable bonds is 2. The highest BCUT2D eigenvalue weighted by atomic mass is 14.9. The Bertz CT molecular complexity index is 385. The van der Waals surface area contributed by atoms with Crippen molar-refractivity contribution in [3.8, 4) is 0 Å². The molecular formula is C18H29N. The third-order valence-electron chi connectivity index (χ3n) is 4.58. The van der Waals surface area contributed by atoms with Gasteiger partial charge in [-0.1, -0.05) is 57.9 Å². The molecule has 2 rings (SSSR count). The molecule has 1 fully saturated rings. The summed E-state index contributed by atoms with van der Waals surface area (Å²) in [6.07, 6.45) is 6.75. The van der Waals surface area contributed by atoms with Crippen LogP contribution >= 0.6 is 0 Å². The molecule has 1 aromatic carbocycles. The Hall–Kier alpha value is -0.820. The van der Waals surface area contributed by atoms with E-state index >= 15 is 0 Å². The van der Waals surface area contributed by atoms with Gasteiger partial charge in [0, 0.05) is 6.04 Å². The molecule has 1 saturated carbocycles. The third kappa shape index (κ3) is 3.82. The molecule has 1 aliphatic carbocycles. The highest BCUT2D eigenvalue weighted by Crippen LogP contribution is 2.33. The summed E-state index contributed by atoms with van der Waals surface area (Å²) in [6, 6.07) is 10.1. The molecular weight excluding hydrogens is 230 g/mol. The summed E-state index contributed by atoms with van der Waals surface area (Å²) in [5, 5.41) is 3.48. The van der Waals surface area contributed by atoms with Crippen LogP contribution in [-0.4, -0.2) is 13.1 Å². The van der Waals surface area contributed by atoms with Gasteiger partial charge in [-0.15, -0.1) is 0 Å². The Labute approximate surface area is 118 Å². The molecule has 19 heavy (non-hydrogen) atoms. The van der Waals surface area contributed by atoms with Crippen LogP contribution in [0.5, 0.6) is 0 Å². The minimum atomic E-state index is 0.259. The van der Waals surface area contributed by atoms with Crippen LogP contribution in [0, 0.1) is 0 Å². The smallest absolute Gasteiger partial charge is 0.00698 e. The van der Waals surface area contributed by atoms with Gasteiger partial charge in [-0.3, -0.25) is 0 Å². The predicted octanol–water partition coefficient (Wildman–Crippen LogP) is 4.62. The third-order valence-corrected chi connectivity index (χ3v) is 4.58. The quantitative estimate of drug-likeness (QED) is 0.764. The summed E-state index contributed by atoms with van der Waals surface area (Å²) in [4.78, 5) is 0. The van der Waals surface area contributed by atoms with E-state index in [1.54, 1.807) is 0 Å². The van der Waals surface area contributed by atoms with Crippen molar-refractivity contribution < 1.29 is 0 Å². The van der Waals surface area contributed by atoms with Gasteiger partial charge in [-0.05, 0) is 48.8 Å². The van der Waals surface area contributed by atoms with E-state index in [9.17, 15) is 0 Å². The molecule has 1 nitrogen and oxygen atoms in total. The van der Waals surface area contributed by atoms with E-state index in [4.69, 9.17) is 0 Å². The lowest BCUT2D eigenvalue weighted by molar-refractivity contribution is 0.471. The van der Waals surface area contributed by atoms with Crippen LogP contribution in [0.15, 0.2) is 24.3 Å². The van der Waals surface area contributed by atoms with Crippen LogP contribution in [0.3, 0.4) is 0 Å². The second kappa shape index (κ2) is 6.09. The minimum Gasteiger partial charge on any atom is -0.317 e. The van der Waals surface area contributed by atoms with Gasteiger partial charge in [-0.2, -0.15) is 0 Å². The van der Waals surface area contributed by atoms with Crippen molar-refractivity contribution in [2.75, 3.05) is 7.05 Å². The maximum atomic E-state index is 3.48. The fourth-order valence-electron chi connectivity index (χ4n) is 3.18. The zero-order valence-corrected chi connectivity index (χ0v) is 13.0. The topological polar surface area (TPSA) is 12.0 Å². The molecule has 0 spiro atoms. The second-order valence-electron chi connectivity index (χ2n) is 7.07. The molecule has 0 saturated heterocycles. The van der Waals surface area contributed by atoms with E-state index in [0.717, 1.165) is 5.92 Å². The lowest BCUT2D eigenvalue weighted by Crippen LogP contribution is -2.25. The summed E-state index contributed by atoms with van der Waals surface area (Å²) >= 11 is 0. The Balaban J connectivity index is 2.12. The van der Waals surface area contributed by atoms with Crippen molar-refractivity contribution in [1.29, 1.82) is 0 Å². The monoisotopic (exact) mass is 259 g/mol. The standard InChI is InChI=1S/C18H29N/c1-18(2,3)16-11-9-14(10-12-16)15-7-5-6-8-17(13-15)19-4/h9-12,15,17,19H,5-8,13H2,1-4H3. The van der Waals surface area contributed by atoms with Crippen molar-refractivity contribution >= 4 is 0 Å². The maximum Gasteiger partial charge on any atom is 0.00698 e. The summed E-state index contributed by atoms with van der Waals surface area (Å²) in [5.74, 6) is 0.744. The van der Waals surface area contributed by atoms with Gasteiger partial charge in [0.15, 0.2) is 0 Å². The van der Waals surface area contributed by atoms with Crippen LogP contribution < -0.4 is 5.32 Å². The maximum absolute atomic E-state index is 3.48. The largest absolute Gasteiger partial charge is 0.317 e. The lowest BCUT2D eigenvalue weighted by atomic mass is 9.84. The van der Waals surface area contributed by atoms with E-state index in [-0.39, 0.29) is 5.41 Å². The van der Waals surface area contributed by atoms with Crippen LogP contribution in [-0.2, 0) is 5.41 Å². The highest BCUT2D eigenvalue weighted by Gasteiger charge is 2.21. The van der Waals surface area contributed by atoms with Crippen molar-refractivity contribution in [3.63, 3.8) is 0 Å². The summed E-state index contributed by atoms with van der Waals surface area (Å²) in [7, 11) is 2.11. The van der Waals surface area contributed by atoms with Crippen molar-refractivity contribution in [2.24, 2.45) is 0 Å². The molecule has 1 aliphatic rings. The van der Waals surface area contributed by atoms with Crippen molar-refractivity contribution in [2.45, 2.75) is 70.3 Å². The van der Waals surface area contributed by atoms with E-state index in [0.29, 0.717) is 6.04 Å². The number of nitrogens with one attached hydrogen (secondary N) is 1. The summed E-state index contributed by atoms with van der Waals surface area (Å²) < 4.78 is 0. The normalized spacial score (nSPS) is 25.1. The molecule has 0 amide bonds. The molecule has 106 valence electrons. The Morgan fingerprint density at radius 3 is 2.21 bits per heavy atom. The molecule has 0 aliphatic heterocycles. The molecule has 1 heteroatoms. The first-order valence-electron chi connectivity index (χ1n) is 7.78. The predicted molar refractivity (Wildman–Crippen MR) is 83.8 cm³/mol. The zero-order chi connectivity index (χ0) is 13.9. The fourth-order valence-corrected chi connectivity index (χ4v) is 3.18. The molecule has 0 aromatic heterocycles. The first-order valence-corrected chi connectivity index (χ1v) is 7.78. The van der Waals surface area contributed by atoms with Gasteiger partial charge in [-0.25, -0.2) is 0 Å². The molecule has 1 aromatic rings. The SMILES string of the molecule is CNC1CCCCC(c2ccc(C(C)(C)C)cc2)C1. The van der Waals surface area contributed by atoms with Gasteiger partial charge in [0.1, 0.15) is 0 Å². The van der Waals surface area contributed by atoms with E-state index < -0.39 is 0 Å². The van der Waals surface area contributed by atoms with E-state index in [1.165, 1.54) is 43.2 Å². The minimum absolute atomic E-state index is 0.259. The van der Waals surface area contributed by atoms with Crippen molar-refractivity contribution in [3.05, 3.63) is 35.4 Å². The first-order chi connectivity index (χ1) is 9.00. The van der Waals surface area contributed by atoms with E-state index in [2.05, 4.69) is 57.4 Å². The summed E-state index contributed by atoms with van der Waals surface area (Å²) in [5.41, 5.74) is 3.24. The number of benzene rings is 1. The molecule has 1 N–H and O–H groups in total. The van der Waals surface area contributed by atoms with Gasteiger partial charge >= 0.3 is 0 Å². The van der Waals surface area contributed by atoms with Crippen LogP contribution in [0.25, 0.3) is 0 Å². The Kier molecular flexibility index (Phi) is 4.67. The number of hydrogen-bond donors (Lipinski definition) is 1. The second-order valence-corrected chi connectivity index (χ2v) is 7.07. The average molecular weight is 259 g/mol. The summed E-state index contributed by atoms with van der Waals surface area (Å²) in [6.45, 7) is 6.85. The lowest BCUT2D eigenvalue weighted by Gasteiger charge is -2.22. The number of hydrogen-bond acceptors (Lipinski definition) is 1. The first kappa shape index (κ1) is 14.6. The van der Waals surface area contributed by atoms with Crippen LogP contribution in [0.1, 0.15) is 69.9 Å².